The zero-order valence-corrected chi connectivity index (χ0v) is 14.5. The minimum atomic E-state index is -0.682. The molecule has 0 saturated heterocycles. The van der Waals surface area contributed by atoms with Gasteiger partial charge in [0, 0.05) is 20.3 Å². The summed E-state index contributed by atoms with van der Waals surface area (Å²) in [5.74, 6) is 0. The lowest BCUT2D eigenvalue weighted by Crippen LogP contribution is -2.44. The minimum absolute atomic E-state index is 0.373. The van der Waals surface area contributed by atoms with Crippen molar-refractivity contribution in [3.63, 3.8) is 0 Å². The van der Waals surface area contributed by atoms with Gasteiger partial charge in [-0.05, 0) is 25.0 Å². The zero-order valence-electron chi connectivity index (χ0n) is 14.5. The van der Waals surface area contributed by atoms with Crippen molar-refractivity contribution >= 4 is 5.57 Å². The predicted octanol–water partition coefficient (Wildman–Crippen LogP) is 1.60. The Labute approximate surface area is 141 Å². The lowest BCUT2D eigenvalue weighted by molar-refractivity contribution is -0.00599. The zero-order chi connectivity index (χ0) is 17.9. The Morgan fingerprint density at radius 2 is 1.83 bits per heavy atom. The van der Waals surface area contributed by atoms with Crippen molar-refractivity contribution in [2.24, 2.45) is 14.1 Å². The van der Waals surface area contributed by atoms with Crippen LogP contribution in [0.25, 0.3) is 5.57 Å². The van der Waals surface area contributed by atoms with Gasteiger partial charge < -0.3 is 4.57 Å². The minimum Gasteiger partial charge on any atom is -0.303 e. The lowest BCUT2D eigenvalue weighted by Gasteiger charge is -2.28. The van der Waals surface area contributed by atoms with Crippen LogP contribution < -0.4 is 16.7 Å². The standard InChI is InChI=1S/C18H23N3O3/c1-13(15-11-20(4)17(23)21(5)16(15)22)18(2,3)19-24-12-14-9-7-6-8-10-14/h6-11,19H,1,12H2,2-5H3. The Morgan fingerprint density at radius 3 is 2.46 bits per heavy atom. The van der Waals surface area contributed by atoms with E-state index < -0.39 is 5.54 Å². The van der Waals surface area contributed by atoms with E-state index in [1.165, 1.54) is 17.8 Å². The summed E-state index contributed by atoms with van der Waals surface area (Å²) in [5, 5.41) is 0. The Morgan fingerprint density at radius 1 is 1.21 bits per heavy atom. The Bertz CT molecular complexity index is 848. The molecule has 0 aliphatic carbocycles. The quantitative estimate of drug-likeness (QED) is 0.818. The maximum atomic E-state index is 12.3. The normalized spacial score (nSPS) is 11.5. The van der Waals surface area contributed by atoms with E-state index in [0.29, 0.717) is 17.7 Å². The fourth-order valence-electron chi connectivity index (χ4n) is 2.29. The van der Waals surface area contributed by atoms with Crippen LogP contribution in [0.4, 0.5) is 0 Å². The van der Waals surface area contributed by atoms with Crippen LogP contribution in [0.15, 0.2) is 52.7 Å². The molecule has 0 atom stereocenters. The van der Waals surface area contributed by atoms with Gasteiger partial charge in [-0.15, -0.1) is 0 Å². The summed E-state index contributed by atoms with van der Waals surface area (Å²) in [6.07, 6.45) is 1.51. The van der Waals surface area contributed by atoms with Gasteiger partial charge in [-0.3, -0.25) is 14.2 Å². The topological polar surface area (TPSA) is 65.3 Å². The third-order valence-corrected chi connectivity index (χ3v) is 3.93. The molecule has 1 N–H and O–H groups in total. The highest BCUT2D eigenvalue weighted by atomic mass is 16.6. The molecule has 0 unspecified atom stereocenters. The summed E-state index contributed by atoms with van der Waals surface area (Å²) in [6.45, 7) is 8.15. The van der Waals surface area contributed by atoms with Crippen molar-refractivity contribution in [1.29, 1.82) is 0 Å². The van der Waals surface area contributed by atoms with Gasteiger partial charge in [-0.25, -0.2) is 4.79 Å². The summed E-state index contributed by atoms with van der Waals surface area (Å²) >= 11 is 0. The van der Waals surface area contributed by atoms with Gasteiger partial charge in [0.2, 0.25) is 0 Å². The molecule has 24 heavy (non-hydrogen) atoms. The van der Waals surface area contributed by atoms with Crippen LogP contribution in [0.5, 0.6) is 0 Å². The van der Waals surface area contributed by atoms with Crippen molar-refractivity contribution in [3.8, 4) is 0 Å². The molecule has 1 heterocycles. The Balaban J connectivity index is 2.16. The molecule has 2 rings (SSSR count). The summed E-state index contributed by atoms with van der Waals surface area (Å²) in [4.78, 5) is 29.7. The average molecular weight is 329 g/mol. The first-order chi connectivity index (χ1) is 11.2. The number of rotatable bonds is 6. The van der Waals surface area contributed by atoms with Gasteiger partial charge in [0.25, 0.3) is 5.56 Å². The maximum absolute atomic E-state index is 12.3. The molecule has 0 aliphatic rings. The van der Waals surface area contributed by atoms with Crippen molar-refractivity contribution in [2.75, 3.05) is 0 Å². The summed E-state index contributed by atoms with van der Waals surface area (Å²) in [7, 11) is 3.05. The first-order valence-electron chi connectivity index (χ1n) is 7.63. The highest BCUT2D eigenvalue weighted by Gasteiger charge is 2.26. The molecule has 6 heteroatoms. The van der Waals surface area contributed by atoms with Crippen LogP contribution in [-0.2, 0) is 25.5 Å². The fraction of sp³-hybridized carbons (Fsp3) is 0.333. The second-order valence-electron chi connectivity index (χ2n) is 6.28. The van der Waals surface area contributed by atoms with Gasteiger partial charge in [-0.2, -0.15) is 5.48 Å². The SMILES string of the molecule is C=C(c1cn(C)c(=O)n(C)c1=O)C(C)(C)NOCc1ccccc1. The number of aryl methyl sites for hydroxylation is 1. The van der Waals surface area contributed by atoms with Gasteiger partial charge in [0.05, 0.1) is 17.7 Å². The summed E-state index contributed by atoms with van der Waals surface area (Å²) < 4.78 is 2.43. The van der Waals surface area contributed by atoms with Crippen molar-refractivity contribution in [3.05, 3.63) is 75.1 Å². The van der Waals surface area contributed by atoms with Crippen molar-refractivity contribution < 1.29 is 4.84 Å². The largest absolute Gasteiger partial charge is 0.330 e. The molecule has 0 fully saturated rings. The Kier molecular flexibility index (Phi) is 5.21. The van der Waals surface area contributed by atoms with Crippen LogP contribution in [0, 0.1) is 0 Å². The highest BCUT2D eigenvalue weighted by Crippen LogP contribution is 2.22. The summed E-state index contributed by atoms with van der Waals surface area (Å²) in [5.41, 5.74) is 3.48. The molecule has 0 amide bonds. The third-order valence-electron chi connectivity index (χ3n) is 3.93. The number of hydrogen-bond acceptors (Lipinski definition) is 4. The third kappa shape index (κ3) is 3.72. The molecule has 2 aromatic rings. The van der Waals surface area contributed by atoms with E-state index in [4.69, 9.17) is 4.84 Å². The van der Waals surface area contributed by atoms with E-state index in [-0.39, 0.29) is 11.2 Å². The molecule has 0 radical (unpaired) electrons. The monoisotopic (exact) mass is 329 g/mol. The van der Waals surface area contributed by atoms with E-state index >= 15 is 0 Å². The number of hydrogen-bond donors (Lipinski definition) is 1. The molecular weight excluding hydrogens is 306 g/mol. The highest BCUT2D eigenvalue weighted by molar-refractivity contribution is 5.69. The second kappa shape index (κ2) is 6.98. The molecule has 1 aromatic carbocycles. The van der Waals surface area contributed by atoms with E-state index in [2.05, 4.69) is 12.1 Å². The number of nitrogens with zero attached hydrogens (tertiary/aromatic N) is 2. The molecule has 0 aliphatic heterocycles. The lowest BCUT2D eigenvalue weighted by atomic mass is 9.92. The van der Waals surface area contributed by atoms with E-state index in [1.807, 2.05) is 44.2 Å². The van der Waals surface area contributed by atoms with Crippen LogP contribution >= 0.6 is 0 Å². The average Bonchev–Trinajstić information content (AvgIpc) is 2.56. The molecule has 0 bridgehead atoms. The van der Waals surface area contributed by atoms with Gasteiger partial charge in [0.15, 0.2) is 0 Å². The molecule has 1 aromatic heterocycles. The number of hydroxylamine groups is 1. The van der Waals surface area contributed by atoms with Crippen LogP contribution in [0.2, 0.25) is 0 Å². The molecular formula is C18H23N3O3. The van der Waals surface area contributed by atoms with Crippen molar-refractivity contribution in [2.45, 2.75) is 26.0 Å². The van der Waals surface area contributed by atoms with Gasteiger partial charge in [0.1, 0.15) is 0 Å². The van der Waals surface area contributed by atoms with Crippen LogP contribution in [-0.4, -0.2) is 14.7 Å². The number of benzene rings is 1. The first kappa shape index (κ1) is 17.9. The van der Waals surface area contributed by atoms with Crippen LogP contribution in [0.1, 0.15) is 25.0 Å². The Hall–Kier alpha value is -2.44. The maximum Gasteiger partial charge on any atom is 0.330 e. The molecule has 0 spiro atoms. The fourth-order valence-corrected chi connectivity index (χ4v) is 2.29. The molecule has 0 saturated carbocycles. The van der Waals surface area contributed by atoms with Gasteiger partial charge >= 0.3 is 5.69 Å². The number of nitrogens with one attached hydrogen (secondary N) is 1. The summed E-state index contributed by atoms with van der Waals surface area (Å²) in [6, 6.07) is 9.75. The van der Waals surface area contributed by atoms with Crippen LogP contribution in [0.3, 0.4) is 0 Å². The first-order valence-corrected chi connectivity index (χ1v) is 7.63. The van der Waals surface area contributed by atoms with E-state index in [9.17, 15) is 9.59 Å². The predicted molar refractivity (Wildman–Crippen MR) is 94.4 cm³/mol. The second-order valence-corrected chi connectivity index (χ2v) is 6.28. The van der Waals surface area contributed by atoms with Crippen molar-refractivity contribution in [1.82, 2.24) is 14.6 Å². The van der Waals surface area contributed by atoms with Gasteiger partial charge in [-0.1, -0.05) is 36.9 Å². The van der Waals surface area contributed by atoms with E-state index in [1.54, 1.807) is 7.05 Å². The molecule has 6 nitrogen and oxygen atoms in total. The number of aromatic nitrogens is 2. The smallest absolute Gasteiger partial charge is 0.303 e. The molecule has 128 valence electrons. The van der Waals surface area contributed by atoms with E-state index in [0.717, 1.165) is 10.1 Å².